The molecule has 0 saturated carbocycles. The molecule has 0 spiro atoms. The van der Waals surface area contributed by atoms with Gasteiger partial charge in [0, 0.05) is 49.5 Å². The number of aromatic amines is 2. The van der Waals surface area contributed by atoms with Crippen LogP contribution in [-0.4, -0.2) is 39.9 Å². The number of benzene rings is 4. The van der Waals surface area contributed by atoms with Gasteiger partial charge in [0.1, 0.15) is 22.6 Å². The molecule has 2 aliphatic rings. The van der Waals surface area contributed by atoms with Crippen molar-refractivity contribution in [2.75, 3.05) is 5.73 Å². The summed E-state index contributed by atoms with van der Waals surface area (Å²) < 4.78 is 0. The third-order valence-corrected chi connectivity index (χ3v) is 7.58. The normalized spacial score (nSPS) is 12.0. The van der Waals surface area contributed by atoms with E-state index in [9.17, 15) is 0 Å². The van der Waals surface area contributed by atoms with Crippen LogP contribution in [0.25, 0.3) is 89.7 Å². The molecule has 9 rings (SSSR count). The SMILES string of the molecule is Nc1ccc2c(c1)-c1nc-2nc2[nH]c(nc3nc(nc4[nH]c(n1)c1ccccc41)-c1ccccc1-3)c1ccccc21.[H+]. The number of nitrogens with one attached hydrogen (secondary N) is 2. The van der Waals surface area contributed by atoms with Crippen LogP contribution in [0.3, 0.4) is 0 Å². The highest BCUT2D eigenvalue weighted by molar-refractivity contribution is 6.06. The maximum Gasteiger partial charge on any atom is 1.00 e. The van der Waals surface area contributed by atoms with Gasteiger partial charge in [-0.15, -0.1) is 0 Å². The van der Waals surface area contributed by atoms with E-state index in [1.54, 1.807) is 0 Å². The Morgan fingerprint density at radius 3 is 1.22 bits per heavy atom. The van der Waals surface area contributed by atoms with E-state index in [0.717, 1.165) is 43.8 Å². The molecule has 41 heavy (non-hydrogen) atoms. The van der Waals surface area contributed by atoms with Crippen molar-refractivity contribution in [3.8, 4) is 45.6 Å². The molecule has 0 unspecified atom stereocenters. The first-order valence-electron chi connectivity index (χ1n) is 13.2. The molecule has 8 bridgehead atoms. The standard InChI is InChI=1S/C32H19N9/c33-16-13-14-23-24(15-16)32-40-30-22-12-6-5-11-21(22)28(38-30)36-26-18-8-2-1-7-17(18)25(34-26)35-27-19-9-3-4-10-20(19)29(37-27)39-31(23)41-32/h1-15H,33H2,(H2,34,35,36,37,38,39,40,41)/p+1. The highest BCUT2D eigenvalue weighted by Crippen LogP contribution is 2.37. The van der Waals surface area contributed by atoms with Crippen molar-refractivity contribution in [2.24, 2.45) is 0 Å². The van der Waals surface area contributed by atoms with E-state index in [2.05, 4.69) is 9.97 Å². The van der Waals surface area contributed by atoms with E-state index in [1.165, 1.54) is 0 Å². The zero-order valence-electron chi connectivity index (χ0n) is 22.4. The minimum atomic E-state index is 0. The van der Waals surface area contributed by atoms with E-state index in [4.69, 9.17) is 35.6 Å². The van der Waals surface area contributed by atoms with Crippen molar-refractivity contribution < 1.29 is 1.43 Å². The van der Waals surface area contributed by atoms with Crippen LogP contribution in [0.1, 0.15) is 1.43 Å². The van der Waals surface area contributed by atoms with Crippen molar-refractivity contribution in [1.82, 2.24) is 39.9 Å². The van der Waals surface area contributed by atoms with Crippen LogP contribution in [0.5, 0.6) is 0 Å². The molecule has 0 fully saturated rings. The number of nitrogens with two attached hydrogens (primary N) is 1. The Morgan fingerprint density at radius 1 is 0.415 bits per heavy atom. The molecule has 5 heterocycles. The van der Waals surface area contributed by atoms with Crippen LogP contribution in [0, 0.1) is 0 Å². The number of anilines is 1. The number of nitrogens with zero attached hydrogens (tertiary/aromatic N) is 6. The van der Waals surface area contributed by atoms with E-state index in [0.29, 0.717) is 51.6 Å². The monoisotopic (exact) mass is 530 g/mol. The molecular weight excluding hydrogens is 510 g/mol. The fourth-order valence-corrected chi connectivity index (χ4v) is 5.66. The molecule has 0 amide bonds. The molecule has 7 aromatic rings. The second kappa shape index (κ2) is 8.03. The van der Waals surface area contributed by atoms with Gasteiger partial charge in [0.05, 0.1) is 0 Å². The highest BCUT2D eigenvalue weighted by Gasteiger charge is 2.22. The van der Waals surface area contributed by atoms with Gasteiger partial charge in [0.15, 0.2) is 23.3 Å². The predicted molar refractivity (Wildman–Crippen MR) is 162 cm³/mol. The molecule has 0 atom stereocenters. The van der Waals surface area contributed by atoms with Crippen LogP contribution in [0.15, 0.2) is 91.0 Å². The topological polar surface area (TPSA) is 135 Å². The lowest BCUT2D eigenvalue weighted by molar-refractivity contribution is 1.19. The largest absolute Gasteiger partial charge is 1.00 e. The summed E-state index contributed by atoms with van der Waals surface area (Å²) in [6.45, 7) is 0. The van der Waals surface area contributed by atoms with Crippen molar-refractivity contribution in [3.05, 3.63) is 91.0 Å². The fourth-order valence-electron chi connectivity index (χ4n) is 5.66. The zero-order valence-corrected chi connectivity index (χ0v) is 21.4. The van der Waals surface area contributed by atoms with Gasteiger partial charge in [0.25, 0.3) is 0 Å². The van der Waals surface area contributed by atoms with Gasteiger partial charge in [-0.2, -0.15) is 0 Å². The maximum atomic E-state index is 6.20. The Kier molecular flexibility index (Phi) is 4.29. The van der Waals surface area contributed by atoms with Crippen LogP contribution < -0.4 is 5.73 Å². The van der Waals surface area contributed by atoms with Crippen molar-refractivity contribution in [2.45, 2.75) is 0 Å². The lowest BCUT2D eigenvalue weighted by Crippen LogP contribution is -1.87. The molecule has 9 nitrogen and oxygen atoms in total. The summed E-state index contributed by atoms with van der Waals surface area (Å²) in [7, 11) is 0. The molecule has 0 saturated heterocycles. The van der Waals surface area contributed by atoms with Gasteiger partial charge in [-0.3, -0.25) is 0 Å². The number of aromatic nitrogens is 8. The first-order chi connectivity index (χ1) is 20.2. The third-order valence-electron chi connectivity index (χ3n) is 7.58. The average Bonchev–Trinajstić information content (AvgIpc) is 3.72. The third kappa shape index (κ3) is 3.23. The zero-order chi connectivity index (χ0) is 27.1. The molecule has 0 radical (unpaired) electrons. The number of hydrogen-bond acceptors (Lipinski definition) is 7. The van der Waals surface area contributed by atoms with Gasteiger partial charge < -0.3 is 15.7 Å². The summed E-state index contributed by atoms with van der Waals surface area (Å²) in [5.74, 6) is 2.24. The highest BCUT2D eigenvalue weighted by atomic mass is 15.1. The summed E-state index contributed by atoms with van der Waals surface area (Å²) in [5.41, 5.74) is 13.0. The first kappa shape index (κ1) is 21.9. The van der Waals surface area contributed by atoms with Gasteiger partial charge >= 0.3 is 1.43 Å². The smallest absolute Gasteiger partial charge is 0.399 e. The summed E-state index contributed by atoms with van der Waals surface area (Å²) in [5, 5.41) is 3.72. The number of hydrogen-bond donors (Lipinski definition) is 3. The quantitative estimate of drug-likeness (QED) is 0.189. The molecule has 3 aromatic heterocycles. The number of H-pyrrole nitrogens is 2. The van der Waals surface area contributed by atoms with Crippen LogP contribution >= 0.6 is 0 Å². The molecule has 4 N–H and O–H groups in total. The van der Waals surface area contributed by atoms with Crippen molar-refractivity contribution in [1.29, 1.82) is 0 Å². The number of fused-ring (bicyclic) bond motifs is 20. The maximum absolute atomic E-state index is 6.20. The van der Waals surface area contributed by atoms with E-state index >= 15 is 0 Å². The molecule has 192 valence electrons. The van der Waals surface area contributed by atoms with Crippen LogP contribution in [0.2, 0.25) is 0 Å². The summed E-state index contributed by atoms with van der Waals surface area (Å²) in [6.07, 6.45) is 0. The lowest BCUT2D eigenvalue weighted by atomic mass is 10.1. The minimum absolute atomic E-state index is 0. The van der Waals surface area contributed by atoms with E-state index < -0.39 is 0 Å². The molecule has 9 heteroatoms. The second-order valence-corrected chi connectivity index (χ2v) is 10.1. The summed E-state index contributed by atoms with van der Waals surface area (Å²) in [6, 6.07) is 29.7. The van der Waals surface area contributed by atoms with Gasteiger partial charge in [-0.05, 0) is 18.2 Å². The predicted octanol–water partition coefficient (Wildman–Crippen LogP) is 6.56. The molecule has 0 aliphatic carbocycles. The van der Waals surface area contributed by atoms with Gasteiger partial charge in [-0.1, -0.05) is 72.8 Å². The molecular formula is C32H20N9+. The number of rotatable bonds is 0. The summed E-state index contributed by atoms with van der Waals surface area (Å²) >= 11 is 0. The number of nitrogen functional groups attached to an aromatic ring is 1. The van der Waals surface area contributed by atoms with Crippen molar-refractivity contribution in [3.63, 3.8) is 0 Å². The van der Waals surface area contributed by atoms with Gasteiger partial charge in [-0.25, -0.2) is 29.9 Å². The lowest BCUT2D eigenvalue weighted by Gasteiger charge is -1.99. The average molecular weight is 531 g/mol. The Hall–Kier alpha value is -5.96. The molecule has 4 aromatic carbocycles. The second-order valence-electron chi connectivity index (χ2n) is 10.1. The Morgan fingerprint density at radius 2 is 0.780 bits per heavy atom. The van der Waals surface area contributed by atoms with E-state index in [1.807, 2.05) is 91.0 Å². The van der Waals surface area contributed by atoms with Crippen LogP contribution in [-0.2, 0) is 0 Å². The van der Waals surface area contributed by atoms with Crippen molar-refractivity contribution >= 4 is 49.8 Å². The first-order valence-corrected chi connectivity index (χ1v) is 13.2. The van der Waals surface area contributed by atoms with E-state index in [-0.39, 0.29) is 1.43 Å². The Labute approximate surface area is 233 Å². The van der Waals surface area contributed by atoms with Crippen LogP contribution in [0.4, 0.5) is 5.69 Å². The Balaban J connectivity index is 0.00000267. The summed E-state index contributed by atoms with van der Waals surface area (Å²) in [4.78, 5) is 36.7. The molecule has 2 aliphatic heterocycles. The minimum Gasteiger partial charge on any atom is -0.399 e. The Bertz CT molecular complexity index is 2400. The fraction of sp³-hybridized carbons (Fsp3) is 0. The van der Waals surface area contributed by atoms with Gasteiger partial charge in [0.2, 0.25) is 0 Å².